The number of aliphatic hydroxyl groups is 1. The molecule has 4 aliphatic rings. The van der Waals surface area contributed by atoms with Crippen LogP contribution in [0.15, 0.2) is 11.6 Å². The molecule has 5 heteroatoms. The van der Waals surface area contributed by atoms with Crippen molar-refractivity contribution in [2.45, 2.75) is 111 Å². The van der Waals surface area contributed by atoms with Gasteiger partial charge in [-0.15, -0.1) is 9.24 Å². The molecule has 4 nitrogen and oxygen atoms in total. The Morgan fingerprint density at radius 1 is 1.11 bits per heavy atom. The monoisotopic (exact) mass is 507 g/mol. The van der Waals surface area contributed by atoms with Crippen LogP contribution in [-0.4, -0.2) is 35.1 Å². The molecule has 0 spiro atoms. The van der Waals surface area contributed by atoms with Crippen molar-refractivity contribution in [1.29, 1.82) is 0 Å². The van der Waals surface area contributed by atoms with Gasteiger partial charge in [0.15, 0.2) is 0 Å². The quantitative estimate of drug-likeness (QED) is 0.259. The summed E-state index contributed by atoms with van der Waals surface area (Å²) >= 11 is 0. The van der Waals surface area contributed by atoms with Crippen LogP contribution in [0.5, 0.6) is 0 Å². The number of nitrogens with one attached hydrogen (secondary N) is 1. The largest absolute Gasteiger partial charge is 0.480 e. The summed E-state index contributed by atoms with van der Waals surface area (Å²) in [6.45, 7) is 12.6. The molecule has 0 aromatic rings. The zero-order valence-electron chi connectivity index (χ0n) is 23.4. The lowest BCUT2D eigenvalue weighted by Crippen LogP contribution is -2.51. The number of carboxylic acids is 1. The summed E-state index contributed by atoms with van der Waals surface area (Å²) in [4.78, 5) is 9.54. The zero-order chi connectivity index (χ0) is 26.0. The van der Waals surface area contributed by atoms with Crippen LogP contribution in [0.4, 0.5) is 0 Å². The summed E-state index contributed by atoms with van der Waals surface area (Å²) in [6.07, 6.45) is 17.0. The second-order valence-corrected chi connectivity index (χ2v) is 14.6. The van der Waals surface area contributed by atoms with Crippen LogP contribution in [0, 0.1) is 46.3 Å². The minimum Gasteiger partial charge on any atom is -0.480 e. The van der Waals surface area contributed by atoms with Gasteiger partial charge >= 0.3 is 5.97 Å². The molecule has 0 bridgehead atoms. The van der Waals surface area contributed by atoms with E-state index in [4.69, 9.17) is 5.11 Å². The van der Waals surface area contributed by atoms with E-state index >= 15 is 0 Å². The minimum absolute atomic E-state index is 0.0417. The minimum atomic E-state index is -0.822. The van der Waals surface area contributed by atoms with Gasteiger partial charge in [0.2, 0.25) is 0 Å². The first-order chi connectivity index (χ1) is 16.3. The predicted molar refractivity (Wildman–Crippen MR) is 149 cm³/mol. The van der Waals surface area contributed by atoms with Crippen molar-refractivity contribution in [3.8, 4) is 0 Å². The fraction of sp³-hybridized carbons (Fsp3) is 0.900. The highest BCUT2D eigenvalue weighted by Gasteiger charge is 2.59. The molecule has 0 radical (unpaired) electrons. The molecule has 0 saturated heterocycles. The first-order valence-electron chi connectivity index (χ1n) is 14.4. The van der Waals surface area contributed by atoms with Gasteiger partial charge in [-0.1, -0.05) is 65.5 Å². The Labute approximate surface area is 217 Å². The molecule has 0 aromatic carbocycles. The van der Waals surface area contributed by atoms with Crippen LogP contribution in [0.1, 0.15) is 105 Å². The van der Waals surface area contributed by atoms with Crippen LogP contribution < -0.4 is 5.32 Å². The number of allylic oxidation sites excluding steroid dienone is 1. The molecule has 0 aliphatic heterocycles. The van der Waals surface area contributed by atoms with E-state index in [1.165, 1.54) is 57.8 Å². The van der Waals surface area contributed by atoms with Crippen LogP contribution in [0.2, 0.25) is 0 Å². The van der Waals surface area contributed by atoms with Crippen molar-refractivity contribution in [2.75, 3.05) is 13.6 Å². The molecular weight excluding hydrogens is 453 g/mol. The van der Waals surface area contributed by atoms with E-state index in [1.54, 1.807) is 12.6 Å². The summed E-state index contributed by atoms with van der Waals surface area (Å²) in [7, 11) is 4.33. The molecule has 0 heterocycles. The summed E-state index contributed by atoms with van der Waals surface area (Å²) in [6, 6.07) is 0. The Balaban J connectivity index is 0.000000509. The Morgan fingerprint density at radius 3 is 2.43 bits per heavy atom. The smallest absolute Gasteiger partial charge is 0.317 e. The van der Waals surface area contributed by atoms with Gasteiger partial charge in [-0.3, -0.25) is 4.79 Å². The second-order valence-electron chi connectivity index (χ2n) is 13.5. The van der Waals surface area contributed by atoms with E-state index in [9.17, 15) is 9.90 Å². The van der Waals surface area contributed by atoms with Crippen molar-refractivity contribution in [3.05, 3.63) is 11.6 Å². The van der Waals surface area contributed by atoms with Gasteiger partial charge in [-0.25, -0.2) is 0 Å². The maximum absolute atomic E-state index is 10.6. The number of likely N-dealkylation sites (N-methyl/N-ethyl adjacent to an activating group) is 1. The Bertz CT molecular complexity index is 765. The van der Waals surface area contributed by atoms with Crippen LogP contribution in [-0.2, 0) is 4.79 Å². The van der Waals surface area contributed by atoms with Crippen LogP contribution >= 0.6 is 9.24 Å². The topological polar surface area (TPSA) is 69.6 Å². The maximum atomic E-state index is 10.6. The molecule has 0 aromatic heterocycles. The number of carboxylic acid groups (broad SMARTS) is 1. The van der Waals surface area contributed by atoms with E-state index in [2.05, 4.69) is 55.3 Å². The maximum Gasteiger partial charge on any atom is 0.317 e. The molecule has 9 atom stereocenters. The number of rotatable bonds is 7. The van der Waals surface area contributed by atoms with Gasteiger partial charge < -0.3 is 15.5 Å². The second kappa shape index (κ2) is 11.5. The van der Waals surface area contributed by atoms with Gasteiger partial charge in [-0.2, -0.15) is 0 Å². The molecule has 35 heavy (non-hydrogen) atoms. The molecule has 202 valence electrons. The van der Waals surface area contributed by atoms with Crippen molar-refractivity contribution < 1.29 is 15.0 Å². The summed E-state index contributed by atoms with van der Waals surface area (Å²) < 4.78 is 0. The molecular formula is C30H54NO3P. The SMILES string of the molecule is CC(C)CCC[C@@H](C)[C@H]1CC[C@H]2[C@@H]3CC=C4CC(O)(P)CC[C@]4(C)[C@H]3CC[C@]12C.CNCC(=O)O. The fourth-order valence-corrected chi connectivity index (χ4v) is 9.21. The van der Waals surface area contributed by atoms with Crippen molar-refractivity contribution in [2.24, 2.45) is 46.3 Å². The van der Waals surface area contributed by atoms with Crippen LogP contribution in [0.3, 0.4) is 0 Å². The lowest BCUT2D eigenvalue weighted by molar-refractivity contribution is -0.135. The number of aliphatic carboxylic acids is 1. The summed E-state index contributed by atoms with van der Waals surface area (Å²) in [5.74, 6) is 4.56. The van der Waals surface area contributed by atoms with Gasteiger partial charge in [-0.05, 0) is 98.3 Å². The van der Waals surface area contributed by atoms with E-state index in [1.807, 2.05) is 0 Å². The van der Waals surface area contributed by atoms with Crippen molar-refractivity contribution in [3.63, 3.8) is 0 Å². The average molecular weight is 508 g/mol. The lowest BCUT2D eigenvalue weighted by atomic mass is 9.47. The highest BCUT2D eigenvalue weighted by Crippen LogP contribution is 2.68. The van der Waals surface area contributed by atoms with Gasteiger partial charge in [0.05, 0.1) is 11.9 Å². The Kier molecular flexibility index (Phi) is 9.59. The molecule has 3 N–H and O–H groups in total. The van der Waals surface area contributed by atoms with E-state index in [0.29, 0.717) is 10.8 Å². The summed E-state index contributed by atoms with van der Waals surface area (Å²) in [5.41, 5.74) is 2.52. The molecule has 3 saturated carbocycles. The predicted octanol–water partition coefficient (Wildman–Crippen LogP) is 6.88. The van der Waals surface area contributed by atoms with Gasteiger partial charge in [0, 0.05) is 6.42 Å². The Hall–Kier alpha value is -0.440. The highest BCUT2D eigenvalue weighted by atomic mass is 31.0. The molecule has 0 amide bonds. The lowest BCUT2D eigenvalue weighted by Gasteiger charge is -2.59. The van der Waals surface area contributed by atoms with Gasteiger partial charge in [0.1, 0.15) is 0 Å². The molecule has 4 aliphatic carbocycles. The zero-order valence-corrected chi connectivity index (χ0v) is 24.6. The average Bonchev–Trinajstić information content (AvgIpc) is 3.11. The van der Waals surface area contributed by atoms with E-state index in [0.717, 1.165) is 48.3 Å². The highest BCUT2D eigenvalue weighted by molar-refractivity contribution is 7.18. The van der Waals surface area contributed by atoms with Gasteiger partial charge in [0.25, 0.3) is 0 Å². The first-order valence-corrected chi connectivity index (χ1v) is 15.0. The third-order valence-corrected chi connectivity index (χ3v) is 11.2. The summed E-state index contributed by atoms with van der Waals surface area (Å²) in [5, 5.41) is 20.4. The number of hydrogen-bond donors (Lipinski definition) is 3. The molecule has 4 rings (SSSR count). The van der Waals surface area contributed by atoms with E-state index in [-0.39, 0.29) is 6.54 Å². The van der Waals surface area contributed by atoms with Crippen molar-refractivity contribution >= 4 is 15.2 Å². The van der Waals surface area contributed by atoms with Crippen molar-refractivity contribution in [1.82, 2.24) is 5.32 Å². The normalized spacial score (nSPS) is 41.1. The first kappa shape index (κ1) is 29.1. The number of carbonyl (C=O) groups is 1. The molecule has 3 fully saturated rings. The number of fused-ring (bicyclic) bond motifs is 5. The third kappa shape index (κ3) is 6.35. The standard InChI is InChI=1S/C27H47OP.C3H7NO2/c1-18(2)7-6-8-19(3)22-11-12-23-21-10-9-20-17-27(28,29)16-15-25(20,4)24(21)13-14-26(22,23)5;1-4-2-3(5)6/h9,18-19,21-24,28H,6-8,10-17,29H2,1-5H3;4H,2H2,1H3,(H,5,6)/t19-,21+,22-,23+,24+,25+,26-,27?;/m1./s1. The Morgan fingerprint density at radius 2 is 1.83 bits per heavy atom. The molecule has 2 unspecified atom stereocenters. The number of hydrogen-bond acceptors (Lipinski definition) is 3. The fourth-order valence-electron chi connectivity index (χ4n) is 8.85. The third-order valence-electron chi connectivity index (χ3n) is 10.7. The van der Waals surface area contributed by atoms with E-state index < -0.39 is 11.3 Å². The van der Waals surface area contributed by atoms with Crippen LogP contribution in [0.25, 0.3) is 0 Å².